The molecule has 0 radical (unpaired) electrons. The van der Waals surface area contributed by atoms with Gasteiger partial charge in [-0.15, -0.1) is 0 Å². The first-order valence-corrected chi connectivity index (χ1v) is 8.49. The van der Waals surface area contributed by atoms with Crippen LogP contribution in [0.4, 0.5) is 15.0 Å². The Morgan fingerprint density at radius 2 is 2.00 bits per heavy atom. The molecule has 1 saturated heterocycles. The third-order valence-corrected chi connectivity index (χ3v) is 5.35. The number of rotatable bonds is 3. The Hall–Kier alpha value is -1.63. The summed E-state index contributed by atoms with van der Waals surface area (Å²) in [7, 11) is 0. The lowest BCUT2D eigenvalue weighted by Gasteiger charge is -2.22. The Labute approximate surface area is 138 Å². The van der Waals surface area contributed by atoms with Gasteiger partial charge in [-0.1, -0.05) is 0 Å². The van der Waals surface area contributed by atoms with E-state index >= 15 is 0 Å². The monoisotopic (exact) mass is 339 g/mol. The van der Waals surface area contributed by atoms with Crippen molar-refractivity contribution < 1.29 is 9.18 Å². The average Bonchev–Trinajstić information content (AvgIpc) is 2.99. The van der Waals surface area contributed by atoms with E-state index in [0.717, 1.165) is 45.0 Å². The predicted molar refractivity (Wildman–Crippen MR) is 83.8 cm³/mol. The molecule has 2 N–H and O–H groups in total. The van der Waals surface area contributed by atoms with Gasteiger partial charge in [0.25, 0.3) is 0 Å². The number of hydrogen-bond donors (Lipinski definition) is 2. The number of carbonyl (C=O) groups is 1. The van der Waals surface area contributed by atoms with Gasteiger partial charge in [-0.05, 0) is 49.1 Å². The maximum atomic E-state index is 13.8. The van der Waals surface area contributed by atoms with Crippen molar-refractivity contribution in [3.8, 4) is 0 Å². The molecule has 0 bridgehead atoms. The Kier molecular flexibility index (Phi) is 3.75. The van der Waals surface area contributed by atoms with Crippen LogP contribution in [0.25, 0.3) is 0 Å². The summed E-state index contributed by atoms with van der Waals surface area (Å²) in [6.07, 6.45) is 5.09. The molecule has 2 aliphatic carbocycles. The topological polar surface area (TPSA) is 70.1 Å². The van der Waals surface area contributed by atoms with Gasteiger partial charge < -0.3 is 15.5 Å². The number of aromatic nitrogens is 2. The molecular formula is C15H19ClFN5O. The molecule has 3 aliphatic rings. The van der Waals surface area contributed by atoms with Crippen LogP contribution >= 0.6 is 11.6 Å². The molecule has 2 saturated carbocycles. The van der Waals surface area contributed by atoms with Crippen LogP contribution in [0.15, 0.2) is 6.20 Å². The first-order chi connectivity index (χ1) is 11.1. The number of amides is 2. The number of carbonyl (C=O) groups excluding carboxylic acids is 1. The van der Waals surface area contributed by atoms with Gasteiger partial charge >= 0.3 is 6.03 Å². The third-order valence-electron chi connectivity index (χ3n) is 5.17. The summed E-state index contributed by atoms with van der Waals surface area (Å²) >= 11 is 5.73. The fourth-order valence-electron chi connectivity index (χ4n) is 3.91. The van der Waals surface area contributed by atoms with Gasteiger partial charge in [0.15, 0.2) is 11.6 Å². The van der Waals surface area contributed by atoms with Crippen LogP contribution in [0.2, 0.25) is 5.28 Å². The van der Waals surface area contributed by atoms with E-state index in [2.05, 4.69) is 20.6 Å². The molecule has 4 rings (SSSR count). The second-order valence-electron chi connectivity index (χ2n) is 6.64. The van der Waals surface area contributed by atoms with Crippen molar-refractivity contribution in [2.24, 2.45) is 11.8 Å². The Balaban J connectivity index is 1.37. The SMILES string of the molecule is O=C(N[C@H]1C[C@@H](Nc2nc(Cl)ncc2F)[C@H]2C[C@H]21)N1CCCC1. The highest BCUT2D eigenvalue weighted by atomic mass is 35.5. The minimum atomic E-state index is -0.504. The van der Waals surface area contributed by atoms with Crippen molar-refractivity contribution in [2.45, 2.75) is 37.8 Å². The first kappa shape index (κ1) is 14.9. The molecule has 124 valence electrons. The largest absolute Gasteiger partial charge is 0.364 e. The summed E-state index contributed by atoms with van der Waals surface area (Å²) in [5, 5.41) is 6.31. The van der Waals surface area contributed by atoms with Gasteiger partial charge in [0, 0.05) is 25.2 Å². The fourth-order valence-corrected chi connectivity index (χ4v) is 4.04. The maximum absolute atomic E-state index is 13.8. The molecule has 6 nitrogen and oxygen atoms in total. The van der Waals surface area contributed by atoms with Gasteiger partial charge in [-0.25, -0.2) is 14.2 Å². The van der Waals surface area contributed by atoms with Gasteiger partial charge in [-0.3, -0.25) is 0 Å². The van der Waals surface area contributed by atoms with E-state index in [1.54, 1.807) is 0 Å². The van der Waals surface area contributed by atoms with Crippen LogP contribution in [-0.4, -0.2) is 46.1 Å². The van der Waals surface area contributed by atoms with Crippen molar-refractivity contribution in [3.05, 3.63) is 17.3 Å². The normalized spacial score (nSPS) is 31.8. The van der Waals surface area contributed by atoms with E-state index in [1.165, 1.54) is 0 Å². The molecule has 1 aliphatic heterocycles. The molecule has 1 aromatic rings. The van der Waals surface area contributed by atoms with Gasteiger partial charge in [-0.2, -0.15) is 4.98 Å². The van der Waals surface area contributed by atoms with Gasteiger partial charge in [0.2, 0.25) is 5.28 Å². The molecule has 2 heterocycles. The first-order valence-electron chi connectivity index (χ1n) is 8.12. The summed E-state index contributed by atoms with van der Waals surface area (Å²) < 4.78 is 13.8. The molecule has 0 unspecified atom stereocenters. The predicted octanol–water partition coefficient (Wildman–Crippen LogP) is 2.26. The number of urea groups is 1. The minimum Gasteiger partial charge on any atom is -0.364 e. The number of halogens is 2. The molecule has 2 amide bonds. The van der Waals surface area contributed by atoms with E-state index < -0.39 is 5.82 Å². The highest BCUT2D eigenvalue weighted by Crippen LogP contribution is 2.52. The summed E-state index contributed by atoms with van der Waals surface area (Å²) in [6, 6.07) is 0.311. The highest BCUT2D eigenvalue weighted by Gasteiger charge is 2.55. The Morgan fingerprint density at radius 3 is 2.78 bits per heavy atom. The van der Waals surface area contributed by atoms with Crippen molar-refractivity contribution in [1.29, 1.82) is 0 Å². The zero-order valence-corrected chi connectivity index (χ0v) is 13.4. The highest BCUT2D eigenvalue weighted by molar-refractivity contribution is 6.28. The van der Waals surface area contributed by atoms with E-state index in [9.17, 15) is 9.18 Å². The van der Waals surface area contributed by atoms with Crippen molar-refractivity contribution >= 4 is 23.4 Å². The molecule has 23 heavy (non-hydrogen) atoms. The minimum absolute atomic E-state index is 0.0260. The maximum Gasteiger partial charge on any atom is 0.317 e. The van der Waals surface area contributed by atoms with Crippen LogP contribution < -0.4 is 10.6 Å². The molecule has 4 atom stereocenters. The fraction of sp³-hybridized carbons (Fsp3) is 0.667. The van der Waals surface area contributed by atoms with Crippen molar-refractivity contribution in [1.82, 2.24) is 20.2 Å². The second-order valence-corrected chi connectivity index (χ2v) is 6.97. The molecule has 0 spiro atoms. The molecule has 8 heteroatoms. The summed E-state index contributed by atoms with van der Waals surface area (Å²) in [4.78, 5) is 21.6. The lowest BCUT2D eigenvalue weighted by atomic mass is 10.1. The standard InChI is InChI=1S/C15H19ClFN5O/c16-14-18-7-10(17)13(21-14)19-11-6-12(9-5-8(9)11)20-15(23)22-3-1-2-4-22/h7-9,11-12H,1-6H2,(H,20,23)(H,18,19,21)/t8-,9+,11+,12-/m0/s1. The van der Waals surface area contributed by atoms with Crippen LogP contribution in [0, 0.1) is 17.7 Å². The van der Waals surface area contributed by atoms with Crippen molar-refractivity contribution in [3.63, 3.8) is 0 Å². The number of nitrogens with one attached hydrogen (secondary N) is 2. The smallest absolute Gasteiger partial charge is 0.317 e. The third kappa shape index (κ3) is 2.94. The zero-order valence-electron chi connectivity index (χ0n) is 12.6. The Morgan fingerprint density at radius 1 is 1.26 bits per heavy atom. The number of likely N-dealkylation sites (tertiary alicyclic amines) is 1. The van der Waals surface area contributed by atoms with E-state index in [0.29, 0.717) is 11.8 Å². The number of fused-ring (bicyclic) bond motifs is 1. The number of nitrogens with zero attached hydrogens (tertiary/aromatic N) is 3. The van der Waals surface area contributed by atoms with E-state index in [4.69, 9.17) is 11.6 Å². The summed E-state index contributed by atoms with van der Waals surface area (Å²) in [5.74, 6) is 0.592. The van der Waals surface area contributed by atoms with Crippen LogP contribution in [0.1, 0.15) is 25.7 Å². The zero-order chi connectivity index (χ0) is 16.0. The van der Waals surface area contributed by atoms with Gasteiger partial charge in [0.1, 0.15) is 0 Å². The lowest BCUT2D eigenvalue weighted by molar-refractivity contribution is 0.203. The van der Waals surface area contributed by atoms with Crippen LogP contribution in [0.5, 0.6) is 0 Å². The van der Waals surface area contributed by atoms with Crippen molar-refractivity contribution in [2.75, 3.05) is 18.4 Å². The lowest BCUT2D eigenvalue weighted by Crippen LogP contribution is -2.44. The van der Waals surface area contributed by atoms with Crippen LogP contribution in [0.3, 0.4) is 0 Å². The second kappa shape index (κ2) is 5.78. The summed E-state index contributed by atoms with van der Waals surface area (Å²) in [5.41, 5.74) is 0. The quantitative estimate of drug-likeness (QED) is 0.829. The average molecular weight is 340 g/mol. The molecule has 0 aromatic carbocycles. The van der Waals surface area contributed by atoms with E-state index in [1.807, 2.05) is 4.90 Å². The molecule has 3 fully saturated rings. The van der Waals surface area contributed by atoms with Gasteiger partial charge in [0.05, 0.1) is 6.20 Å². The number of anilines is 1. The van der Waals surface area contributed by atoms with E-state index in [-0.39, 0.29) is 29.2 Å². The number of hydrogen-bond acceptors (Lipinski definition) is 4. The molecular weight excluding hydrogens is 321 g/mol. The Bertz CT molecular complexity index is 624. The molecule has 1 aromatic heterocycles. The van der Waals surface area contributed by atoms with Crippen LogP contribution in [-0.2, 0) is 0 Å². The summed E-state index contributed by atoms with van der Waals surface area (Å²) in [6.45, 7) is 1.69.